The summed E-state index contributed by atoms with van der Waals surface area (Å²) in [4.78, 5) is 7.21. The lowest BCUT2D eigenvalue weighted by molar-refractivity contribution is 0.206. The van der Waals surface area contributed by atoms with Crippen LogP contribution in [0.3, 0.4) is 0 Å². The van der Waals surface area contributed by atoms with Crippen LogP contribution in [0.25, 0.3) is 0 Å². The Balaban J connectivity index is 1.74. The third-order valence-corrected chi connectivity index (χ3v) is 4.43. The molecule has 0 aliphatic carbocycles. The fourth-order valence-electron chi connectivity index (χ4n) is 3.16. The number of benzene rings is 1. The van der Waals surface area contributed by atoms with Gasteiger partial charge in [-0.1, -0.05) is 19.1 Å². The van der Waals surface area contributed by atoms with E-state index in [-0.39, 0.29) is 0 Å². The van der Waals surface area contributed by atoms with Gasteiger partial charge < -0.3 is 20.3 Å². The lowest BCUT2D eigenvalue weighted by Crippen LogP contribution is -2.48. The quantitative estimate of drug-likeness (QED) is 0.432. The number of aliphatic imine (C=N–C) groups is 1. The molecule has 1 heterocycles. The number of likely N-dealkylation sites (tertiary alicyclic amines) is 1. The van der Waals surface area contributed by atoms with Crippen molar-refractivity contribution in [3.05, 3.63) is 29.8 Å². The predicted molar refractivity (Wildman–Crippen MR) is 106 cm³/mol. The minimum absolute atomic E-state index is 0.517. The van der Waals surface area contributed by atoms with E-state index in [4.69, 9.17) is 4.74 Å². The van der Waals surface area contributed by atoms with E-state index < -0.39 is 0 Å². The van der Waals surface area contributed by atoms with Gasteiger partial charge in [0.05, 0.1) is 6.54 Å². The van der Waals surface area contributed by atoms with Crippen LogP contribution >= 0.6 is 0 Å². The number of hydrogen-bond acceptors (Lipinski definition) is 3. The fraction of sp³-hybridized carbons (Fsp3) is 0.650. The molecule has 0 bridgehead atoms. The Morgan fingerprint density at radius 2 is 2.08 bits per heavy atom. The van der Waals surface area contributed by atoms with Crippen LogP contribution in [0.5, 0.6) is 5.75 Å². The molecule has 140 valence electrons. The van der Waals surface area contributed by atoms with Gasteiger partial charge in [-0.25, -0.2) is 4.99 Å². The topological polar surface area (TPSA) is 48.9 Å². The highest BCUT2D eigenvalue weighted by atomic mass is 16.5. The first-order chi connectivity index (χ1) is 12.2. The van der Waals surface area contributed by atoms with Crippen molar-refractivity contribution in [2.75, 3.05) is 39.3 Å². The van der Waals surface area contributed by atoms with E-state index in [0.29, 0.717) is 19.2 Å². The minimum Gasteiger partial charge on any atom is -0.492 e. The molecule has 1 aliphatic rings. The second kappa shape index (κ2) is 11.0. The molecule has 0 atom stereocenters. The number of aryl methyl sites for hydroxylation is 1. The van der Waals surface area contributed by atoms with Gasteiger partial charge in [0.2, 0.25) is 0 Å². The normalized spacial score (nSPS) is 16.7. The van der Waals surface area contributed by atoms with Gasteiger partial charge in [-0.05, 0) is 57.4 Å². The van der Waals surface area contributed by atoms with Crippen molar-refractivity contribution in [1.29, 1.82) is 0 Å². The molecule has 1 saturated heterocycles. The van der Waals surface area contributed by atoms with Crippen molar-refractivity contribution in [3.63, 3.8) is 0 Å². The van der Waals surface area contributed by atoms with Crippen LogP contribution in [0.1, 0.15) is 38.7 Å². The number of nitrogens with zero attached hydrogens (tertiary/aromatic N) is 2. The van der Waals surface area contributed by atoms with E-state index in [1.165, 1.54) is 44.5 Å². The molecule has 2 rings (SSSR count). The van der Waals surface area contributed by atoms with Gasteiger partial charge in [0.15, 0.2) is 5.96 Å². The maximum Gasteiger partial charge on any atom is 0.191 e. The summed E-state index contributed by atoms with van der Waals surface area (Å²) in [7, 11) is 0. The number of piperidine rings is 1. The number of guanidine groups is 1. The van der Waals surface area contributed by atoms with Gasteiger partial charge in [-0.15, -0.1) is 0 Å². The first-order valence-electron chi connectivity index (χ1n) is 9.68. The van der Waals surface area contributed by atoms with E-state index >= 15 is 0 Å². The summed E-state index contributed by atoms with van der Waals surface area (Å²) in [5.41, 5.74) is 1.21. The van der Waals surface area contributed by atoms with E-state index in [1.807, 2.05) is 12.1 Å². The molecule has 5 nitrogen and oxygen atoms in total. The highest BCUT2D eigenvalue weighted by Gasteiger charge is 2.19. The van der Waals surface area contributed by atoms with Crippen LogP contribution in [0, 0.1) is 6.92 Å². The monoisotopic (exact) mass is 346 g/mol. The zero-order valence-electron chi connectivity index (χ0n) is 16.1. The van der Waals surface area contributed by atoms with Crippen LogP contribution in [0.4, 0.5) is 0 Å². The van der Waals surface area contributed by atoms with E-state index in [9.17, 15) is 0 Å². The Morgan fingerprint density at radius 1 is 1.28 bits per heavy atom. The van der Waals surface area contributed by atoms with E-state index in [0.717, 1.165) is 18.3 Å². The number of nitrogens with one attached hydrogen (secondary N) is 2. The summed E-state index contributed by atoms with van der Waals surface area (Å²) in [6.45, 7) is 12.1. The minimum atomic E-state index is 0.517. The molecular weight excluding hydrogens is 312 g/mol. The largest absolute Gasteiger partial charge is 0.492 e. The van der Waals surface area contributed by atoms with Gasteiger partial charge in [0, 0.05) is 25.7 Å². The Bertz CT molecular complexity index is 524. The van der Waals surface area contributed by atoms with Crippen LogP contribution in [-0.4, -0.2) is 56.2 Å². The molecule has 5 heteroatoms. The zero-order chi connectivity index (χ0) is 17.9. The molecule has 0 spiro atoms. The van der Waals surface area contributed by atoms with Crippen molar-refractivity contribution in [3.8, 4) is 5.75 Å². The molecule has 0 unspecified atom stereocenters. The maximum atomic E-state index is 5.78. The summed E-state index contributed by atoms with van der Waals surface area (Å²) in [6.07, 6.45) is 3.61. The third-order valence-electron chi connectivity index (χ3n) is 4.43. The second-order valence-electron chi connectivity index (χ2n) is 6.69. The van der Waals surface area contributed by atoms with Crippen molar-refractivity contribution in [2.45, 2.75) is 46.1 Å². The smallest absolute Gasteiger partial charge is 0.191 e. The fourth-order valence-corrected chi connectivity index (χ4v) is 3.16. The summed E-state index contributed by atoms with van der Waals surface area (Å²) < 4.78 is 5.78. The maximum absolute atomic E-state index is 5.78. The molecule has 1 fully saturated rings. The van der Waals surface area contributed by atoms with E-state index in [2.05, 4.69) is 53.4 Å². The van der Waals surface area contributed by atoms with Gasteiger partial charge in [0.25, 0.3) is 0 Å². The lowest BCUT2D eigenvalue weighted by atomic mass is 10.1. The van der Waals surface area contributed by atoms with Crippen molar-refractivity contribution in [2.24, 2.45) is 4.99 Å². The molecule has 2 N–H and O–H groups in total. The summed E-state index contributed by atoms with van der Waals surface area (Å²) in [6, 6.07) is 8.65. The standard InChI is InChI=1S/C20H34N4O/c1-4-12-24-13-9-18(10-14-24)23-20(21-5-2)22-11-15-25-19-8-6-7-17(3)16-19/h6-8,16,18H,4-5,9-15H2,1-3H3,(H2,21,22,23). The summed E-state index contributed by atoms with van der Waals surface area (Å²) >= 11 is 0. The van der Waals surface area contributed by atoms with Crippen LogP contribution in [0.2, 0.25) is 0 Å². The van der Waals surface area contributed by atoms with Crippen molar-refractivity contribution in [1.82, 2.24) is 15.5 Å². The third kappa shape index (κ3) is 7.34. The van der Waals surface area contributed by atoms with Crippen molar-refractivity contribution >= 4 is 5.96 Å². The Hall–Kier alpha value is -1.75. The van der Waals surface area contributed by atoms with Crippen LogP contribution in [0.15, 0.2) is 29.3 Å². The number of rotatable bonds is 8. The first-order valence-corrected chi connectivity index (χ1v) is 9.68. The highest BCUT2D eigenvalue weighted by Crippen LogP contribution is 2.12. The SMILES string of the molecule is CCCN1CCC(NC(=NCCOc2cccc(C)c2)NCC)CC1. The van der Waals surface area contributed by atoms with Gasteiger partial charge >= 0.3 is 0 Å². The summed E-state index contributed by atoms with van der Waals surface area (Å²) in [5.74, 6) is 1.82. The molecule has 1 aromatic carbocycles. The molecular formula is C20H34N4O. The average molecular weight is 347 g/mol. The number of hydrogen-bond donors (Lipinski definition) is 2. The molecule has 25 heavy (non-hydrogen) atoms. The first kappa shape index (κ1) is 19.6. The molecule has 0 amide bonds. The van der Waals surface area contributed by atoms with Gasteiger partial charge in [-0.3, -0.25) is 0 Å². The molecule has 1 aromatic rings. The average Bonchev–Trinajstić information content (AvgIpc) is 2.61. The molecule has 0 saturated carbocycles. The van der Waals surface area contributed by atoms with E-state index in [1.54, 1.807) is 0 Å². The summed E-state index contributed by atoms with van der Waals surface area (Å²) in [5, 5.41) is 6.93. The highest BCUT2D eigenvalue weighted by molar-refractivity contribution is 5.80. The van der Waals surface area contributed by atoms with Gasteiger partial charge in [0.1, 0.15) is 12.4 Å². The Kier molecular flexibility index (Phi) is 8.60. The van der Waals surface area contributed by atoms with Crippen LogP contribution < -0.4 is 15.4 Å². The van der Waals surface area contributed by atoms with Gasteiger partial charge in [-0.2, -0.15) is 0 Å². The Labute approximate surface area is 152 Å². The van der Waals surface area contributed by atoms with Crippen molar-refractivity contribution < 1.29 is 4.74 Å². The lowest BCUT2D eigenvalue weighted by Gasteiger charge is -2.32. The second-order valence-corrected chi connectivity index (χ2v) is 6.69. The predicted octanol–water partition coefficient (Wildman–Crippen LogP) is 2.80. The Morgan fingerprint density at radius 3 is 2.76 bits per heavy atom. The zero-order valence-corrected chi connectivity index (χ0v) is 16.1. The van der Waals surface area contributed by atoms with Crippen LogP contribution in [-0.2, 0) is 0 Å². The number of ether oxygens (including phenoxy) is 1. The molecule has 1 aliphatic heterocycles. The molecule has 0 aromatic heterocycles. The molecule has 0 radical (unpaired) electrons.